The van der Waals surface area contributed by atoms with E-state index in [0.29, 0.717) is 6.42 Å². The van der Waals surface area contributed by atoms with Crippen LogP contribution in [0, 0.1) is 12.8 Å². The third kappa shape index (κ3) is 12.4. The van der Waals surface area contributed by atoms with Crippen molar-refractivity contribution in [1.82, 2.24) is 4.98 Å². The van der Waals surface area contributed by atoms with Crippen LogP contribution < -0.4 is 0 Å². The maximum atomic E-state index is 14.0. The van der Waals surface area contributed by atoms with Crippen molar-refractivity contribution in [1.29, 1.82) is 0 Å². The minimum Gasteiger partial charge on any atom is -0.457 e. The molecule has 5 nitrogen and oxygen atoms in total. The molecule has 0 fully saturated rings. The van der Waals surface area contributed by atoms with Gasteiger partial charge in [0.05, 0.1) is 29.3 Å². The fraction of sp³-hybridized carbons (Fsp3) is 0.737. The number of hydrogen-bond donors (Lipinski definition) is 0. The third-order valence-electron chi connectivity index (χ3n) is 10.4. The SMILES string of the molecule is C/C1=C/C[C@@H](/C(C)=C/c2csc(C)n2)OC(=O)C[C@@H](O[Si](C)(C)C(C)(C)C)C(C)(C)S[C@H](C)[C@@H](O[Si](C)(C)C(C)(C)C)[C@@H](C)/C=C\C1. The van der Waals surface area contributed by atoms with Crippen LogP contribution in [0.15, 0.2) is 34.8 Å². The van der Waals surface area contributed by atoms with E-state index >= 15 is 0 Å². The highest BCUT2D eigenvalue weighted by atomic mass is 32.2. The third-order valence-corrected chi connectivity index (χ3v) is 21.7. The average molecular weight is 722 g/mol. The lowest BCUT2D eigenvalue weighted by Crippen LogP contribution is -2.52. The first-order valence-corrected chi connectivity index (χ1v) is 25.0. The standard InChI is InChI=1S/C38H67NO4S2Si2/c1-26-19-18-20-27(2)35(43-47(16,17)37(9,10)11)29(4)45-38(12,13)33(42-46(14,15)36(6,7)8)24-34(40)41-32(22-21-26)28(3)23-31-25-44-30(5)39-31/h18,20-21,23,25,27,29,32-33,35H,19,22,24H2,1-17H3/b20-18-,26-21-,28-23+/t27-,29+,32-,33+,35-/m0/s1. The number of rotatable bonds is 6. The number of thioether (sulfide) groups is 1. The average Bonchev–Trinajstić information content (AvgIpc) is 3.30. The molecule has 2 heterocycles. The highest BCUT2D eigenvalue weighted by Crippen LogP contribution is 2.45. The van der Waals surface area contributed by atoms with Crippen molar-refractivity contribution in [3.05, 3.63) is 45.5 Å². The first-order valence-electron chi connectivity index (χ1n) is 17.4. The summed E-state index contributed by atoms with van der Waals surface area (Å²) in [7, 11) is -4.29. The molecule has 0 N–H and O–H groups in total. The number of allylic oxidation sites excluding steroid dienone is 2. The molecule has 0 saturated heterocycles. The van der Waals surface area contributed by atoms with Crippen LogP contribution in [-0.4, -0.2) is 55.9 Å². The van der Waals surface area contributed by atoms with Gasteiger partial charge in [-0.05, 0) is 89.0 Å². The lowest BCUT2D eigenvalue weighted by atomic mass is 9.99. The Labute approximate surface area is 299 Å². The zero-order valence-corrected chi connectivity index (χ0v) is 36.4. The molecular weight excluding hydrogens is 655 g/mol. The molecule has 1 aromatic rings. The first-order chi connectivity index (χ1) is 21.3. The molecule has 0 saturated carbocycles. The number of carbonyl (C=O) groups is 1. The second-order valence-electron chi connectivity index (χ2n) is 17.3. The van der Waals surface area contributed by atoms with Gasteiger partial charge in [0.25, 0.3) is 0 Å². The van der Waals surface area contributed by atoms with Gasteiger partial charge in [-0.25, -0.2) is 4.98 Å². The van der Waals surface area contributed by atoms with E-state index in [1.54, 1.807) is 11.3 Å². The van der Waals surface area contributed by atoms with E-state index in [2.05, 4.69) is 137 Å². The number of aryl methyl sites for hydroxylation is 1. The van der Waals surface area contributed by atoms with Gasteiger partial charge in [0, 0.05) is 27.7 Å². The van der Waals surface area contributed by atoms with Crippen molar-refractivity contribution in [2.45, 2.75) is 174 Å². The molecule has 0 unspecified atom stereocenters. The first kappa shape index (κ1) is 42.2. The monoisotopic (exact) mass is 721 g/mol. The highest BCUT2D eigenvalue weighted by Gasteiger charge is 2.47. The van der Waals surface area contributed by atoms with Gasteiger partial charge < -0.3 is 13.6 Å². The lowest BCUT2D eigenvalue weighted by molar-refractivity contribution is -0.149. The van der Waals surface area contributed by atoms with Gasteiger partial charge in [-0.1, -0.05) is 79.2 Å². The zero-order valence-electron chi connectivity index (χ0n) is 32.8. The van der Waals surface area contributed by atoms with Gasteiger partial charge in [0.2, 0.25) is 0 Å². The van der Waals surface area contributed by atoms with Crippen LogP contribution in [0.3, 0.4) is 0 Å². The molecule has 0 spiro atoms. The second-order valence-corrected chi connectivity index (χ2v) is 29.9. The normalized spacial score (nSPS) is 28.4. The summed E-state index contributed by atoms with van der Waals surface area (Å²) >= 11 is 3.52. The smallest absolute Gasteiger partial charge is 0.309 e. The molecular formula is C38H67NO4S2Si2. The summed E-state index contributed by atoms with van der Waals surface area (Å²) < 4.78 is 20.3. The Morgan fingerprint density at radius 3 is 2.13 bits per heavy atom. The van der Waals surface area contributed by atoms with E-state index < -0.39 is 16.6 Å². The summed E-state index contributed by atoms with van der Waals surface area (Å²) in [6.45, 7) is 38.2. The van der Waals surface area contributed by atoms with Gasteiger partial charge in [-0.15, -0.1) is 23.1 Å². The largest absolute Gasteiger partial charge is 0.457 e. The molecule has 0 radical (unpaired) electrons. The molecule has 5 atom stereocenters. The molecule has 1 aliphatic rings. The van der Waals surface area contributed by atoms with Crippen LogP contribution in [-0.2, 0) is 18.4 Å². The molecule has 0 amide bonds. The predicted octanol–water partition coefficient (Wildman–Crippen LogP) is 11.8. The maximum Gasteiger partial charge on any atom is 0.309 e. The lowest BCUT2D eigenvalue weighted by Gasteiger charge is -2.46. The Kier molecular flexibility index (Phi) is 14.7. The summed E-state index contributed by atoms with van der Waals surface area (Å²) in [5.74, 6) is 0.00933. The number of hydrogen-bond acceptors (Lipinski definition) is 7. The minimum atomic E-state index is -2.23. The number of ether oxygens (including phenoxy) is 1. The zero-order chi connectivity index (χ0) is 36.2. The van der Waals surface area contributed by atoms with Gasteiger partial charge in [0.15, 0.2) is 16.6 Å². The van der Waals surface area contributed by atoms with E-state index in [1.165, 1.54) is 5.57 Å². The Balaban J connectivity index is 2.63. The summed E-state index contributed by atoms with van der Waals surface area (Å²) in [4.78, 5) is 18.6. The fourth-order valence-corrected chi connectivity index (χ4v) is 10.5. The van der Waals surface area contributed by atoms with Crippen molar-refractivity contribution < 1.29 is 18.4 Å². The Bertz CT molecular complexity index is 1280. The summed E-state index contributed by atoms with van der Waals surface area (Å²) in [5, 5.41) is 3.35. The fourth-order valence-electron chi connectivity index (χ4n) is 5.16. The topological polar surface area (TPSA) is 57.7 Å². The van der Waals surface area contributed by atoms with Crippen molar-refractivity contribution in [2.75, 3.05) is 0 Å². The molecule has 0 bridgehead atoms. The molecule has 0 aromatic carbocycles. The minimum absolute atomic E-state index is 0.00164. The molecule has 2 rings (SSSR count). The second kappa shape index (κ2) is 16.4. The molecule has 268 valence electrons. The van der Waals surface area contributed by atoms with Gasteiger partial charge in [-0.3, -0.25) is 4.79 Å². The van der Waals surface area contributed by atoms with Crippen LogP contribution in [0.4, 0.5) is 0 Å². The number of cyclic esters (lactones) is 1. The van der Waals surface area contributed by atoms with Crippen LogP contribution in [0.2, 0.25) is 36.3 Å². The quantitative estimate of drug-likeness (QED) is 0.166. The van der Waals surface area contributed by atoms with Crippen molar-refractivity contribution in [3.8, 4) is 0 Å². The van der Waals surface area contributed by atoms with Crippen LogP contribution in [0.5, 0.6) is 0 Å². The van der Waals surface area contributed by atoms with Gasteiger partial charge >= 0.3 is 5.97 Å². The summed E-state index contributed by atoms with van der Waals surface area (Å²) in [6, 6.07) is 0. The number of aromatic nitrogens is 1. The Morgan fingerprint density at radius 1 is 1.02 bits per heavy atom. The highest BCUT2D eigenvalue weighted by molar-refractivity contribution is 8.01. The molecule has 9 heteroatoms. The van der Waals surface area contributed by atoms with E-state index in [9.17, 15) is 4.79 Å². The molecule has 1 aromatic heterocycles. The van der Waals surface area contributed by atoms with Crippen molar-refractivity contribution in [2.24, 2.45) is 5.92 Å². The Morgan fingerprint density at radius 2 is 1.60 bits per heavy atom. The number of carbonyl (C=O) groups excluding carboxylic acids is 1. The van der Waals surface area contributed by atoms with E-state index in [1.807, 2.05) is 25.6 Å². The van der Waals surface area contributed by atoms with E-state index in [0.717, 1.165) is 22.7 Å². The van der Waals surface area contributed by atoms with Crippen molar-refractivity contribution >= 4 is 51.8 Å². The number of esters is 1. The van der Waals surface area contributed by atoms with Crippen LogP contribution in [0.25, 0.3) is 6.08 Å². The Hall–Kier alpha value is -0.976. The summed E-state index contributed by atoms with van der Waals surface area (Å²) in [5.41, 5.74) is 3.15. The van der Waals surface area contributed by atoms with Gasteiger partial charge in [0.1, 0.15) is 6.10 Å². The maximum absolute atomic E-state index is 14.0. The van der Waals surface area contributed by atoms with Gasteiger partial charge in [-0.2, -0.15) is 0 Å². The van der Waals surface area contributed by atoms with E-state index in [-0.39, 0.29) is 56.7 Å². The molecule has 47 heavy (non-hydrogen) atoms. The summed E-state index contributed by atoms with van der Waals surface area (Å²) in [6.07, 6.45) is 9.91. The number of nitrogens with zero attached hydrogens (tertiary/aromatic N) is 1. The van der Waals surface area contributed by atoms with Crippen LogP contribution >= 0.6 is 23.1 Å². The molecule has 1 aliphatic heterocycles. The number of thiazole rings is 1. The van der Waals surface area contributed by atoms with Crippen LogP contribution in [0.1, 0.15) is 113 Å². The van der Waals surface area contributed by atoms with E-state index in [4.69, 9.17) is 13.6 Å². The molecule has 0 aliphatic carbocycles. The predicted molar refractivity (Wildman–Crippen MR) is 212 cm³/mol. The van der Waals surface area contributed by atoms with Crippen molar-refractivity contribution in [3.63, 3.8) is 0 Å².